The molecule has 1 unspecified atom stereocenters. The Bertz CT molecular complexity index is 562. The van der Waals surface area contributed by atoms with Gasteiger partial charge in [0.05, 0.1) is 10.5 Å². The molecule has 1 aromatic carbocycles. The van der Waals surface area contributed by atoms with Gasteiger partial charge in [-0.15, -0.1) is 11.8 Å². The number of benzene rings is 1. The van der Waals surface area contributed by atoms with Crippen molar-refractivity contribution in [2.45, 2.75) is 19.4 Å². The third-order valence-corrected chi connectivity index (χ3v) is 3.00. The van der Waals surface area contributed by atoms with Crippen molar-refractivity contribution < 1.29 is 4.42 Å². The molecule has 2 nitrogen and oxygen atoms in total. The minimum atomic E-state index is -0.160. The minimum absolute atomic E-state index is 0.160. The first-order chi connectivity index (χ1) is 7.72. The third kappa shape index (κ3) is 2.13. The summed E-state index contributed by atoms with van der Waals surface area (Å²) in [7, 11) is 0. The molecule has 0 fully saturated rings. The standard InChI is InChI=1S/C13H12BrNO/c1-2-3-7-11(15)12-8-9-5-4-6-10(14)13(9)16-12/h4-6,8,11H,7,15H2,1H3. The van der Waals surface area contributed by atoms with Gasteiger partial charge in [0.1, 0.15) is 11.3 Å². The maximum atomic E-state index is 5.98. The molecule has 2 rings (SSSR count). The van der Waals surface area contributed by atoms with Crippen molar-refractivity contribution in [2.24, 2.45) is 5.73 Å². The van der Waals surface area contributed by atoms with Crippen molar-refractivity contribution >= 4 is 26.9 Å². The summed E-state index contributed by atoms with van der Waals surface area (Å²) < 4.78 is 6.67. The molecular formula is C13H12BrNO. The molecule has 1 atom stereocenters. The van der Waals surface area contributed by atoms with Gasteiger partial charge in [-0.05, 0) is 35.0 Å². The van der Waals surface area contributed by atoms with Gasteiger partial charge >= 0.3 is 0 Å². The van der Waals surface area contributed by atoms with E-state index in [9.17, 15) is 0 Å². The predicted molar refractivity (Wildman–Crippen MR) is 68.9 cm³/mol. The van der Waals surface area contributed by atoms with Gasteiger partial charge in [-0.1, -0.05) is 12.1 Å². The van der Waals surface area contributed by atoms with Gasteiger partial charge in [-0.3, -0.25) is 0 Å². The Labute approximate surface area is 103 Å². The van der Waals surface area contributed by atoms with Crippen LogP contribution in [0, 0.1) is 11.8 Å². The fourth-order valence-corrected chi connectivity index (χ4v) is 2.01. The summed E-state index contributed by atoms with van der Waals surface area (Å²) in [6.45, 7) is 1.81. The van der Waals surface area contributed by atoms with Crippen LogP contribution in [-0.2, 0) is 0 Å². The van der Waals surface area contributed by atoms with E-state index < -0.39 is 0 Å². The molecule has 2 aromatic rings. The van der Waals surface area contributed by atoms with Crippen LogP contribution in [0.25, 0.3) is 11.0 Å². The molecule has 2 N–H and O–H groups in total. The number of furan rings is 1. The van der Waals surface area contributed by atoms with Gasteiger partial charge in [0.25, 0.3) is 0 Å². The molecule has 16 heavy (non-hydrogen) atoms. The summed E-state index contributed by atoms with van der Waals surface area (Å²) >= 11 is 3.45. The first kappa shape index (κ1) is 11.3. The smallest absolute Gasteiger partial charge is 0.148 e. The van der Waals surface area contributed by atoms with Gasteiger partial charge in [-0.25, -0.2) is 0 Å². The van der Waals surface area contributed by atoms with Crippen molar-refractivity contribution in [1.82, 2.24) is 0 Å². The second-order valence-corrected chi connectivity index (χ2v) is 4.40. The van der Waals surface area contributed by atoms with Gasteiger partial charge in [0.2, 0.25) is 0 Å². The highest BCUT2D eigenvalue weighted by Crippen LogP contribution is 2.29. The highest BCUT2D eigenvalue weighted by Gasteiger charge is 2.12. The van der Waals surface area contributed by atoms with E-state index in [1.807, 2.05) is 31.2 Å². The van der Waals surface area contributed by atoms with Crippen LogP contribution in [0.2, 0.25) is 0 Å². The molecule has 0 saturated heterocycles. The molecule has 0 bridgehead atoms. The third-order valence-electron chi connectivity index (χ3n) is 2.38. The fraction of sp³-hybridized carbons (Fsp3) is 0.231. The zero-order chi connectivity index (χ0) is 11.5. The van der Waals surface area contributed by atoms with Gasteiger partial charge in [0.15, 0.2) is 0 Å². The van der Waals surface area contributed by atoms with Gasteiger partial charge < -0.3 is 10.2 Å². The molecular weight excluding hydrogens is 266 g/mol. The van der Waals surface area contributed by atoms with E-state index in [0.717, 1.165) is 21.2 Å². The molecule has 0 amide bonds. The average Bonchev–Trinajstić information content (AvgIpc) is 2.71. The maximum Gasteiger partial charge on any atom is 0.148 e. The first-order valence-electron chi connectivity index (χ1n) is 5.05. The SMILES string of the molecule is CC#CCC(N)c1cc2cccc(Br)c2o1. The molecule has 0 radical (unpaired) electrons. The molecule has 82 valence electrons. The topological polar surface area (TPSA) is 39.2 Å². The average molecular weight is 278 g/mol. The predicted octanol–water partition coefficient (Wildman–Crippen LogP) is 3.61. The van der Waals surface area contributed by atoms with Gasteiger partial charge in [-0.2, -0.15) is 0 Å². The molecule has 1 heterocycles. The Morgan fingerprint density at radius 2 is 2.31 bits per heavy atom. The molecule has 1 aromatic heterocycles. The van der Waals surface area contributed by atoms with Gasteiger partial charge in [0, 0.05) is 11.8 Å². The summed E-state index contributed by atoms with van der Waals surface area (Å²) in [5.74, 6) is 6.57. The number of hydrogen-bond donors (Lipinski definition) is 1. The lowest BCUT2D eigenvalue weighted by atomic mass is 10.1. The zero-order valence-electron chi connectivity index (χ0n) is 8.96. The number of halogens is 1. The molecule has 0 aliphatic carbocycles. The lowest BCUT2D eigenvalue weighted by molar-refractivity contribution is 0.499. The van der Waals surface area contributed by atoms with E-state index in [1.54, 1.807) is 0 Å². The summed E-state index contributed by atoms with van der Waals surface area (Å²) in [6, 6.07) is 7.75. The summed E-state index contributed by atoms with van der Waals surface area (Å²) in [5, 5.41) is 1.06. The number of nitrogens with two attached hydrogens (primary N) is 1. The molecule has 0 aliphatic rings. The molecule has 0 spiro atoms. The van der Waals surface area contributed by atoms with Crippen LogP contribution < -0.4 is 5.73 Å². The highest BCUT2D eigenvalue weighted by atomic mass is 79.9. The van der Waals surface area contributed by atoms with E-state index in [0.29, 0.717) is 6.42 Å². The van der Waals surface area contributed by atoms with Crippen molar-refractivity contribution in [1.29, 1.82) is 0 Å². The quantitative estimate of drug-likeness (QED) is 0.852. The molecule has 0 saturated carbocycles. The second kappa shape index (κ2) is 4.73. The van der Waals surface area contributed by atoms with Crippen molar-refractivity contribution in [3.05, 3.63) is 34.5 Å². The van der Waals surface area contributed by atoms with Crippen LogP contribution in [0.5, 0.6) is 0 Å². The number of para-hydroxylation sites is 1. The van der Waals surface area contributed by atoms with Crippen LogP contribution in [-0.4, -0.2) is 0 Å². The lowest BCUT2D eigenvalue weighted by Gasteiger charge is -2.02. The first-order valence-corrected chi connectivity index (χ1v) is 5.85. The summed E-state index contributed by atoms with van der Waals surface area (Å²) in [4.78, 5) is 0. The zero-order valence-corrected chi connectivity index (χ0v) is 10.5. The van der Waals surface area contributed by atoms with Crippen LogP contribution in [0.1, 0.15) is 25.1 Å². The minimum Gasteiger partial charge on any atom is -0.458 e. The Hall–Kier alpha value is -1.24. The Morgan fingerprint density at radius 1 is 1.50 bits per heavy atom. The normalized spacial score (nSPS) is 12.2. The van der Waals surface area contributed by atoms with E-state index in [2.05, 4.69) is 27.8 Å². The Balaban J connectivity index is 2.38. The fourth-order valence-electron chi connectivity index (χ4n) is 1.54. The Morgan fingerprint density at radius 3 is 3.00 bits per heavy atom. The summed E-state index contributed by atoms with van der Waals surface area (Å²) in [6.07, 6.45) is 0.619. The summed E-state index contributed by atoms with van der Waals surface area (Å²) in [5.41, 5.74) is 6.83. The number of hydrogen-bond acceptors (Lipinski definition) is 2. The molecule has 0 aliphatic heterocycles. The van der Waals surface area contributed by atoms with E-state index in [4.69, 9.17) is 10.2 Å². The molecule has 3 heteroatoms. The lowest BCUT2D eigenvalue weighted by Crippen LogP contribution is -2.07. The number of rotatable bonds is 2. The van der Waals surface area contributed by atoms with Crippen LogP contribution in [0.3, 0.4) is 0 Å². The van der Waals surface area contributed by atoms with E-state index in [-0.39, 0.29) is 6.04 Å². The number of fused-ring (bicyclic) bond motifs is 1. The Kier molecular flexibility index (Phi) is 3.33. The van der Waals surface area contributed by atoms with Crippen molar-refractivity contribution in [3.8, 4) is 11.8 Å². The van der Waals surface area contributed by atoms with E-state index in [1.165, 1.54) is 0 Å². The van der Waals surface area contributed by atoms with E-state index >= 15 is 0 Å². The van der Waals surface area contributed by atoms with Crippen molar-refractivity contribution in [2.75, 3.05) is 0 Å². The van der Waals surface area contributed by atoms with Crippen LogP contribution in [0.15, 0.2) is 33.2 Å². The van der Waals surface area contributed by atoms with Crippen LogP contribution in [0.4, 0.5) is 0 Å². The van der Waals surface area contributed by atoms with Crippen molar-refractivity contribution in [3.63, 3.8) is 0 Å². The van der Waals surface area contributed by atoms with Crippen LogP contribution >= 0.6 is 15.9 Å². The highest BCUT2D eigenvalue weighted by molar-refractivity contribution is 9.10. The monoisotopic (exact) mass is 277 g/mol. The largest absolute Gasteiger partial charge is 0.458 e. The second-order valence-electron chi connectivity index (χ2n) is 3.54. The maximum absolute atomic E-state index is 5.98.